The minimum atomic E-state index is 0. The molecule has 0 bridgehead atoms. The predicted octanol–water partition coefficient (Wildman–Crippen LogP) is 4.49. The van der Waals surface area contributed by atoms with E-state index in [4.69, 9.17) is 5.73 Å². The van der Waals surface area contributed by atoms with Crippen LogP contribution in [0.2, 0.25) is 0 Å². The van der Waals surface area contributed by atoms with Crippen LogP contribution in [0.4, 0.5) is 5.69 Å². The molecule has 0 aliphatic rings. The summed E-state index contributed by atoms with van der Waals surface area (Å²) < 4.78 is 0. The Bertz CT molecular complexity index is 894. The SMILES string of the molecule is CCC.Cc1cc2c(C#Cc3ccc(N)cn3)cnc(C)c2cn1.[CH3-].[Cr]. The number of aromatic nitrogens is 3. The van der Waals surface area contributed by atoms with E-state index in [1.165, 1.54) is 6.42 Å². The van der Waals surface area contributed by atoms with Crippen molar-refractivity contribution in [2.24, 2.45) is 0 Å². The molecule has 0 aromatic carbocycles. The summed E-state index contributed by atoms with van der Waals surface area (Å²) in [6, 6.07) is 5.62. The summed E-state index contributed by atoms with van der Waals surface area (Å²) in [5.41, 5.74) is 9.71. The Morgan fingerprint density at radius 1 is 0.923 bits per heavy atom. The molecule has 4 nitrogen and oxygen atoms in total. The van der Waals surface area contributed by atoms with Gasteiger partial charge in [0.05, 0.1) is 17.4 Å². The van der Waals surface area contributed by atoms with Gasteiger partial charge in [0, 0.05) is 51.9 Å². The van der Waals surface area contributed by atoms with E-state index in [1.54, 1.807) is 24.5 Å². The summed E-state index contributed by atoms with van der Waals surface area (Å²) in [4.78, 5) is 12.9. The van der Waals surface area contributed by atoms with Gasteiger partial charge in [0.2, 0.25) is 0 Å². The van der Waals surface area contributed by atoms with Gasteiger partial charge in [-0.25, -0.2) is 4.98 Å². The third-order valence-corrected chi connectivity index (χ3v) is 3.22. The number of rotatable bonds is 0. The third-order valence-electron chi connectivity index (χ3n) is 3.22. The molecule has 0 saturated heterocycles. The van der Waals surface area contributed by atoms with Crippen LogP contribution < -0.4 is 5.73 Å². The molecule has 3 aromatic rings. The molecule has 0 amide bonds. The largest absolute Gasteiger partial charge is 0.397 e. The van der Waals surface area contributed by atoms with Crippen molar-refractivity contribution in [1.82, 2.24) is 15.0 Å². The second-order valence-electron chi connectivity index (χ2n) is 5.56. The van der Waals surface area contributed by atoms with Gasteiger partial charge in [-0.3, -0.25) is 9.97 Å². The molecular formula is C21H25CrN4-. The first-order valence-electron chi connectivity index (χ1n) is 8.00. The number of anilines is 1. The van der Waals surface area contributed by atoms with Crippen molar-refractivity contribution in [1.29, 1.82) is 0 Å². The topological polar surface area (TPSA) is 64.7 Å². The Balaban J connectivity index is 0.00000117. The molecular weight excluding hydrogens is 360 g/mol. The van der Waals surface area contributed by atoms with Crippen LogP contribution in [-0.4, -0.2) is 15.0 Å². The third kappa shape index (κ3) is 6.15. The molecule has 0 aliphatic carbocycles. The van der Waals surface area contributed by atoms with Gasteiger partial charge in [0.15, 0.2) is 0 Å². The maximum absolute atomic E-state index is 5.61. The zero-order chi connectivity index (χ0) is 17.5. The average Bonchev–Trinajstić information content (AvgIpc) is 2.56. The van der Waals surface area contributed by atoms with Gasteiger partial charge in [-0.05, 0) is 38.0 Å². The Morgan fingerprint density at radius 3 is 2.23 bits per heavy atom. The average molecular weight is 385 g/mol. The Labute approximate surface area is 167 Å². The summed E-state index contributed by atoms with van der Waals surface area (Å²) in [7, 11) is 0. The molecule has 5 heteroatoms. The Kier molecular flexibility index (Phi) is 10.2. The maximum Gasteiger partial charge on any atom is 0.113 e. The van der Waals surface area contributed by atoms with E-state index in [2.05, 4.69) is 40.6 Å². The summed E-state index contributed by atoms with van der Waals surface area (Å²) >= 11 is 0. The number of nitrogens with zero attached hydrogens (tertiary/aromatic N) is 3. The molecule has 3 aromatic heterocycles. The first-order chi connectivity index (χ1) is 11.5. The summed E-state index contributed by atoms with van der Waals surface area (Å²) in [5, 5.41) is 2.09. The first kappa shape index (κ1) is 23.6. The molecule has 0 spiro atoms. The monoisotopic (exact) mass is 385 g/mol. The molecule has 136 valence electrons. The van der Waals surface area contributed by atoms with Crippen LogP contribution in [0.3, 0.4) is 0 Å². The van der Waals surface area contributed by atoms with Gasteiger partial charge in [0.1, 0.15) is 5.69 Å². The molecule has 26 heavy (non-hydrogen) atoms. The van der Waals surface area contributed by atoms with E-state index in [0.29, 0.717) is 11.4 Å². The second-order valence-corrected chi connectivity index (χ2v) is 5.56. The van der Waals surface area contributed by atoms with Gasteiger partial charge in [0.25, 0.3) is 0 Å². The fourth-order valence-corrected chi connectivity index (χ4v) is 2.08. The first-order valence-corrected chi connectivity index (χ1v) is 8.00. The van der Waals surface area contributed by atoms with E-state index in [1.807, 2.05) is 26.1 Å². The van der Waals surface area contributed by atoms with Crippen LogP contribution in [0.15, 0.2) is 36.8 Å². The fraction of sp³-hybridized carbons (Fsp3) is 0.238. The maximum atomic E-state index is 5.61. The van der Waals surface area contributed by atoms with E-state index in [0.717, 1.165) is 27.7 Å². The van der Waals surface area contributed by atoms with Crippen LogP contribution in [-0.2, 0) is 17.4 Å². The molecule has 0 radical (unpaired) electrons. The van der Waals surface area contributed by atoms with Gasteiger partial charge in [-0.15, -0.1) is 0 Å². The normalized spacial score (nSPS) is 8.92. The number of hydrogen-bond acceptors (Lipinski definition) is 4. The zero-order valence-corrected chi connectivity index (χ0v) is 17.3. The molecule has 3 rings (SSSR count). The van der Waals surface area contributed by atoms with Gasteiger partial charge in [-0.1, -0.05) is 26.2 Å². The van der Waals surface area contributed by atoms with Crippen LogP contribution in [0, 0.1) is 33.1 Å². The van der Waals surface area contributed by atoms with E-state index < -0.39 is 0 Å². The fourth-order valence-electron chi connectivity index (χ4n) is 2.08. The zero-order valence-electron chi connectivity index (χ0n) is 16.0. The minimum absolute atomic E-state index is 0. The van der Waals surface area contributed by atoms with Crippen LogP contribution in [0.5, 0.6) is 0 Å². The molecule has 0 fully saturated rings. The summed E-state index contributed by atoms with van der Waals surface area (Å²) in [6.07, 6.45) is 6.49. The second kappa shape index (κ2) is 11.3. The number of pyridine rings is 3. The van der Waals surface area contributed by atoms with Crippen LogP contribution in [0.1, 0.15) is 42.9 Å². The Hall–Kier alpha value is -2.40. The number of fused-ring (bicyclic) bond motifs is 1. The smallest absolute Gasteiger partial charge is 0.113 e. The van der Waals surface area contributed by atoms with Gasteiger partial charge in [-0.2, -0.15) is 0 Å². The number of nitrogens with two attached hydrogens (primary N) is 1. The number of hydrogen-bond donors (Lipinski definition) is 1. The van der Waals surface area contributed by atoms with Crippen molar-refractivity contribution < 1.29 is 17.4 Å². The van der Waals surface area contributed by atoms with Crippen LogP contribution >= 0.6 is 0 Å². The van der Waals surface area contributed by atoms with E-state index in [-0.39, 0.29) is 24.8 Å². The van der Waals surface area contributed by atoms with Gasteiger partial charge < -0.3 is 13.2 Å². The van der Waals surface area contributed by atoms with Crippen molar-refractivity contribution in [3.63, 3.8) is 0 Å². The molecule has 0 unspecified atom stereocenters. The standard InChI is InChI=1S/C17H14N4.C3H8.CH3.Cr/c1-11-7-16-13(8-20-12(2)17(16)10-19-11)3-5-15-6-4-14(18)9-21-15;1-3-2;;/h4,6-10H,18H2,1-2H3;3H2,1-2H3;1H3;/q;;-1;. The molecule has 0 saturated carbocycles. The van der Waals surface area contributed by atoms with Crippen molar-refractivity contribution in [2.45, 2.75) is 34.1 Å². The summed E-state index contributed by atoms with van der Waals surface area (Å²) in [5.74, 6) is 6.18. The van der Waals surface area contributed by atoms with Crippen LogP contribution in [0.25, 0.3) is 10.8 Å². The molecule has 0 aliphatic heterocycles. The molecule has 2 N–H and O–H groups in total. The van der Waals surface area contributed by atoms with Crippen molar-refractivity contribution >= 4 is 16.5 Å². The minimum Gasteiger partial charge on any atom is -0.397 e. The van der Waals surface area contributed by atoms with E-state index >= 15 is 0 Å². The van der Waals surface area contributed by atoms with E-state index in [9.17, 15) is 0 Å². The number of aryl methyl sites for hydroxylation is 2. The Morgan fingerprint density at radius 2 is 1.62 bits per heavy atom. The quantitative estimate of drug-likeness (QED) is 0.457. The van der Waals surface area contributed by atoms with Crippen molar-refractivity contribution in [2.75, 3.05) is 5.73 Å². The molecule has 3 heterocycles. The van der Waals surface area contributed by atoms with Gasteiger partial charge >= 0.3 is 0 Å². The molecule has 0 atom stereocenters. The van der Waals surface area contributed by atoms with Crippen molar-refractivity contribution in [3.05, 3.63) is 66.9 Å². The number of nitrogen functional groups attached to an aromatic ring is 1. The summed E-state index contributed by atoms with van der Waals surface area (Å²) in [6.45, 7) is 8.19. The predicted molar refractivity (Wildman–Crippen MR) is 106 cm³/mol. The van der Waals surface area contributed by atoms with Crippen molar-refractivity contribution in [3.8, 4) is 11.8 Å².